The van der Waals surface area contributed by atoms with Gasteiger partial charge in [0, 0.05) is 0 Å². The molecule has 130 valence electrons. The van der Waals surface area contributed by atoms with Crippen molar-refractivity contribution in [3.05, 3.63) is 48.0 Å². The van der Waals surface area contributed by atoms with E-state index in [2.05, 4.69) is 9.80 Å². The molecular formula is C20H28N2O2. The van der Waals surface area contributed by atoms with Crippen molar-refractivity contribution in [2.75, 3.05) is 41.3 Å². The number of fused-ring (bicyclic) bond motifs is 1. The van der Waals surface area contributed by atoms with E-state index in [1.54, 1.807) is 0 Å². The number of carbonyl (C=O) groups is 1. The second-order valence-electron chi connectivity index (χ2n) is 7.02. The molecule has 0 fully saturated rings. The Morgan fingerprint density at radius 2 is 1.46 bits per heavy atom. The summed E-state index contributed by atoms with van der Waals surface area (Å²) in [6, 6.07) is 14.1. The van der Waals surface area contributed by atoms with Gasteiger partial charge in [-0.15, -0.1) is 0 Å². The second-order valence-corrected chi connectivity index (χ2v) is 7.02. The molecule has 24 heavy (non-hydrogen) atoms. The first kappa shape index (κ1) is 18.4. The molecule has 4 nitrogen and oxygen atoms in total. The first-order valence-corrected chi connectivity index (χ1v) is 8.38. The Kier molecular flexibility index (Phi) is 5.97. The normalized spacial score (nSPS) is 12.2. The number of benzene rings is 2. The van der Waals surface area contributed by atoms with Gasteiger partial charge in [-0.25, -0.2) is 0 Å². The summed E-state index contributed by atoms with van der Waals surface area (Å²) in [5.74, 6) is -0.734. The summed E-state index contributed by atoms with van der Waals surface area (Å²) >= 11 is 0. The molecule has 2 rings (SSSR count). The van der Waals surface area contributed by atoms with Crippen LogP contribution in [0.25, 0.3) is 10.8 Å². The molecule has 0 aliphatic carbocycles. The maximum absolute atomic E-state index is 12.5. The van der Waals surface area contributed by atoms with Gasteiger partial charge in [-0.1, -0.05) is 42.5 Å². The zero-order valence-corrected chi connectivity index (χ0v) is 15.1. The molecule has 0 heterocycles. The van der Waals surface area contributed by atoms with E-state index in [0.29, 0.717) is 12.8 Å². The van der Waals surface area contributed by atoms with E-state index in [4.69, 9.17) is 0 Å². The van der Waals surface area contributed by atoms with Crippen molar-refractivity contribution in [2.24, 2.45) is 0 Å². The monoisotopic (exact) mass is 328 g/mol. The van der Waals surface area contributed by atoms with Crippen LogP contribution in [0, 0.1) is 0 Å². The summed E-state index contributed by atoms with van der Waals surface area (Å²) in [5, 5.41) is 12.4. The predicted octanol–water partition coefficient (Wildman–Crippen LogP) is 3.07. The maximum atomic E-state index is 12.5. The first-order valence-electron chi connectivity index (χ1n) is 8.38. The smallest absolute Gasteiger partial charge is 0.314 e. The van der Waals surface area contributed by atoms with Gasteiger partial charge in [0.1, 0.15) is 0 Å². The number of carboxylic acids is 1. The van der Waals surface area contributed by atoms with Crippen LogP contribution in [0.2, 0.25) is 0 Å². The van der Waals surface area contributed by atoms with Crippen LogP contribution in [0.4, 0.5) is 0 Å². The minimum atomic E-state index is -0.880. The van der Waals surface area contributed by atoms with Crippen molar-refractivity contribution < 1.29 is 9.90 Å². The van der Waals surface area contributed by atoms with Gasteiger partial charge >= 0.3 is 5.97 Å². The van der Waals surface area contributed by atoms with Crippen LogP contribution in [0.5, 0.6) is 0 Å². The lowest BCUT2D eigenvalue weighted by Gasteiger charge is -2.33. The molecule has 0 saturated carbocycles. The number of aliphatic carboxylic acids is 1. The summed E-state index contributed by atoms with van der Waals surface area (Å²) in [7, 11) is 7.95. The minimum absolute atomic E-state index is 0.594. The maximum Gasteiger partial charge on any atom is 0.314 e. The molecule has 2 aromatic rings. The fourth-order valence-electron chi connectivity index (χ4n) is 3.20. The molecule has 0 bridgehead atoms. The third-order valence-corrected chi connectivity index (χ3v) is 4.69. The van der Waals surface area contributed by atoms with Gasteiger partial charge in [-0.3, -0.25) is 4.79 Å². The molecular weight excluding hydrogens is 300 g/mol. The van der Waals surface area contributed by atoms with Crippen molar-refractivity contribution in [1.29, 1.82) is 0 Å². The van der Waals surface area contributed by atoms with Crippen LogP contribution in [-0.4, -0.2) is 62.2 Å². The molecule has 0 radical (unpaired) electrons. The summed E-state index contributed by atoms with van der Waals surface area (Å²) in [4.78, 5) is 16.6. The van der Waals surface area contributed by atoms with Crippen LogP contribution >= 0.6 is 0 Å². The van der Waals surface area contributed by atoms with Gasteiger partial charge < -0.3 is 14.9 Å². The molecule has 0 aromatic heterocycles. The van der Waals surface area contributed by atoms with Crippen LogP contribution in [0.15, 0.2) is 42.5 Å². The average molecular weight is 328 g/mol. The minimum Gasteiger partial charge on any atom is -0.481 e. The van der Waals surface area contributed by atoms with Gasteiger partial charge in [0.05, 0.1) is 5.41 Å². The van der Waals surface area contributed by atoms with E-state index >= 15 is 0 Å². The van der Waals surface area contributed by atoms with Gasteiger partial charge in [0.2, 0.25) is 0 Å². The number of hydrogen-bond donors (Lipinski definition) is 1. The van der Waals surface area contributed by atoms with E-state index in [9.17, 15) is 9.90 Å². The lowest BCUT2D eigenvalue weighted by Crippen LogP contribution is -2.41. The van der Waals surface area contributed by atoms with Crippen molar-refractivity contribution in [2.45, 2.75) is 18.3 Å². The fraction of sp³-hybridized carbons (Fsp3) is 0.450. The van der Waals surface area contributed by atoms with Gasteiger partial charge in [0.25, 0.3) is 0 Å². The third kappa shape index (κ3) is 3.94. The fourth-order valence-corrected chi connectivity index (χ4v) is 3.20. The highest BCUT2D eigenvalue weighted by Gasteiger charge is 2.40. The molecule has 0 aliphatic heterocycles. The van der Waals surface area contributed by atoms with Crippen molar-refractivity contribution in [3.63, 3.8) is 0 Å². The Morgan fingerprint density at radius 1 is 0.917 bits per heavy atom. The van der Waals surface area contributed by atoms with E-state index in [-0.39, 0.29) is 0 Å². The van der Waals surface area contributed by atoms with Gasteiger partial charge in [0.15, 0.2) is 0 Å². The Bertz CT molecular complexity index is 678. The highest BCUT2D eigenvalue weighted by atomic mass is 16.4. The highest BCUT2D eigenvalue weighted by Crippen LogP contribution is 2.37. The summed E-state index contributed by atoms with van der Waals surface area (Å²) in [5.41, 5.74) is 0.0480. The van der Waals surface area contributed by atoms with Gasteiger partial charge in [-0.05, 0) is 70.5 Å². The molecule has 0 aliphatic rings. The number of carboxylic acid groups (broad SMARTS) is 1. The lowest BCUT2D eigenvalue weighted by molar-refractivity contribution is -0.144. The Balaban J connectivity index is 2.59. The average Bonchev–Trinajstić information content (AvgIpc) is 2.54. The molecule has 2 aromatic carbocycles. The SMILES string of the molecule is CN(C)CCC(CCN(C)C)(C(=O)O)c1cccc2ccccc12. The summed E-state index contributed by atoms with van der Waals surface area (Å²) in [6.45, 7) is 1.48. The van der Waals surface area contributed by atoms with E-state index in [1.807, 2.05) is 70.7 Å². The van der Waals surface area contributed by atoms with Gasteiger partial charge in [-0.2, -0.15) is 0 Å². The number of hydrogen-bond acceptors (Lipinski definition) is 3. The molecule has 0 spiro atoms. The van der Waals surface area contributed by atoms with Crippen molar-refractivity contribution in [1.82, 2.24) is 9.80 Å². The number of nitrogens with zero attached hydrogens (tertiary/aromatic N) is 2. The Hall–Kier alpha value is -1.91. The second kappa shape index (κ2) is 7.77. The molecule has 0 amide bonds. The molecule has 4 heteroatoms. The van der Waals surface area contributed by atoms with Crippen molar-refractivity contribution >= 4 is 16.7 Å². The zero-order chi connectivity index (χ0) is 17.7. The summed E-state index contributed by atoms with van der Waals surface area (Å²) < 4.78 is 0. The largest absolute Gasteiger partial charge is 0.481 e. The van der Waals surface area contributed by atoms with Crippen LogP contribution in [0.1, 0.15) is 18.4 Å². The van der Waals surface area contributed by atoms with Crippen LogP contribution in [0.3, 0.4) is 0 Å². The first-order chi connectivity index (χ1) is 11.4. The standard InChI is InChI=1S/C20H28N2O2/c1-21(2)14-12-20(19(23)24,13-15-22(3)4)18-11-7-9-16-8-5-6-10-17(16)18/h5-11H,12-15H2,1-4H3,(H,23,24). The molecule has 0 saturated heterocycles. The third-order valence-electron chi connectivity index (χ3n) is 4.69. The Labute approximate surface area is 144 Å². The van der Waals surface area contributed by atoms with Crippen LogP contribution in [-0.2, 0) is 10.2 Å². The number of rotatable bonds is 8. The predicted molar refractivity (Wildman–Crippen MR) is 99.6 cm³/mol. The topological polar surface area (TPSA) is 43.8 Å². The van der Waals surface area contributed by atoms with E-state index in [0.717, 1.165) is 29.4 Å². The quantitative estimate of drug-likeness (QED) is 0.809. The summed E-state index contributed by atoms with van der Waals surface area (Å²) in [6.07, 6.45) is 1.19. The Morgan fingerprint density at radius 3 is 2.00 bits per heavy atom. The van der Waals surface area contributed by atoms with E-state index in [1.165, 1.54) is 0 Å². The molecule has 0 unspecified atom stereocenters. The lowest BCUT2D eigenvalue weighted by atomic mass is 9.73. The van der Waals surface area contributed by atoms with E-state index < -0.39 is 11.4 Å². The van der Waals surface area contributed by atoms with Crippen LogP contribution < -0.4 is 0 Å². The van der Waals surface area contributed by atoms with Crippen molar-refractivity contribution in [3.8, 4) is 0 Å². The highest BCUT2D eigenvalue weighted by molar-refractivity contribution is 5.93. The zero-order valence-electron chi connectivity index (χ0n) is 15.1. The molecule has 1 N–H and O–H groups in total. The molecule has 0 atom stereocenters.